The molecular weight excluding hydrogens is 330 g/mol. The molecule has 26 heavy (non-hydrogen) atoms. The number of amides is 1. The minimum atomic E-state index is -0.216. The first-order valence-corrected chi connectivity index (χ1v) is 9.30. The second-order valence-electron chi connectivity index (χ2n) is 8.23. The lowest BCUT2D eigenvalue weighted by Crippen LogP contribution is -2.26. The van der Waals surface area contributed by atoms with Crippen LogP contribution in [-0.4, -0.2) is 38.2 Å². The molecule has 1 N–H and O–H groups in total. The first-order valence-electron chi connectivity index (χ1n) is 9.30. The van der Waals surface area contributed by atoms with Crippen LogP contribution in [0.15, 0.2) is 18.5 Å². The van der Waals surface area contributed by atoms with Gasteiger partial charge in [-0.25, -0.2) is 0 Å². The summed E-state index contributed by atoms with van der Waals surface area (Å²) in [5, 5.41) is 11.8. The van der Waals surface area contributed by atoms with Gasteiger partial charge in [0.15, 0.2) is 5.69 Å². The third-order valence-electron chi connectivity index (χ3n) is 4.50. The van der Waals surface area contributed by atoms with Crippen LogP contribution >= 0.6 is 0 Å². The van der Waals surface area contributed by atoms with E-state index < -0.39 is 0 Å². The SMILES string of the molecule is CC(C)c1cc(C(=O)Nc2cnn(CC3CCCO3)c2)nn1C(C)(C)C. The molecule has 0 aromatic carbocycles. The predicted molar refractivity (Wildman–Crippen MR) is 100 cm³/mol. The van der Waals surface area contributed by atoms with Crippen LogP contribution in [0.2, 0.25) is 0 Å². The number of hydrogen-bond acceptors (Lipinski definition) is 4. The Balaban J connectivity index is 1.71. The molecule has 142 valence electrons. The Morgan fingerprint density at radius 1 is 1.42 bits per heavy atom. The summed E-state index contributed by atoms with van der Waals surface area (Å²) in [6, 6.07) is 1.88. The summed E-state index contributed by atoms with van der Waals surface area (Å²) in [6.07, 6.45) is 5.88. The molecule has 1 aliphatic heterocycles. The highest BCUT2D eigenvalue weighted by molar-refractivity contribution is 6.02. The smallest absolute Gasteiger partial charge is 0.276 e. The van der Waals surface area contributed by atoms with Gasteiger partial charge < -0.3 is 10.1 Å². The second-order valence-corrected chi connectivity index (χ2v) is 8.23. The topological polar surface area (TPSA) is 74.0 Å². The van der Waals surface area contributed by atoms with Crippen LogP contribution in [0, 0.1) is 0 Å². The maximum atomic E-state index is 12.6. The number of nitrogens with one attached hydrogen (secondary N) is 1. The van der Waals surface area contributed by atoms with Gasteiger partial charge in [-0.15, -0.1) is 0 Å². The Bertz CT molecular complexity index is 763. The van der Waals surface area contributed by atoms with Gasteiger partial charge in [-0.05, 0) is 45.6 Å². The Morgan fingerprint density at radius 3 is 2.77 bits per heavy atom. The summed E-state index contributed by atoms with van der Waals surface area (Å²) >= 11 is 0. The van der Waals surface area contributed by atoms with E-state index in [9.17, 15) is 4.79 Å². The van der Waals surface area contributed by atoms with Gasteiger partial charge in [0.1, 0.15) is 0 Å². The molecule has 1 saturated heterocycles. The third kappa shape index (κ3) is 4.15. The van der Waals surface area contributed by atoms with Crippen LogP contribution in [0.4, 0.5) is 5.69 Å². The molecular formula is C19H29N5O2. The van der Waals surface area contributed by atoms with Crippen molar-refractivity contribution < 1.29 is 9.53 Å². The van der Waals surface area contributed by atoms with Crippen LogP contribution in [0.5, 0.6) is 0 Å². The van der Waals surface area contributed by atoms with E-state index >= 15 is 0 Å². The molecule has 1 atom stereocenters. The minimum Gasteiger partial charge on any atom is -0.376 e. The Labute approximate surface area is 154 Å². The van der Waals surface area contributed by atoms with Gasteiger partial charge in [-0.3, -0.25) is 14.2 Å². The van der Waals surface area contributed by atoms with Crippen molar-refractivity contribution in [2.45, 2.75) is 71.6 Å². The molecule has 2 aromatic heterocycles. The van der Waals surface area contributed by atoms with Gasteiger partial charge >= 0.3 is 0 Å². The fourth-order valence-electron chi connectivity index (χ4n) is 3.18. The number of carbonyl (C=O) groups is 1. The van der Waals surface area contributed by atoms with Gasteiger partial charge in [0, 0.05) is 18.5 Å². The van der Waals surface area contributed by atoms with Crippen molar-refractivity contribution in [1.29, 1.82) is 0 Å². The largest absolute Gasteiger partial charge is 0.376 e. The minimum absolute atomic E-state index is 0.176. The molecule has 1 aliphatic rings. The number of ether oxygens (including phenoxy) is 1. The lowest BCUT2D eigenvalue weighted by molar-refractivity contribution is 0.0940. The fourth-order valence-corrected chi connectivity index (χ4v) is 3.18. The highest BCUT2D eigenvalue weighted by Crippen LogP contribution is 2.24. The number of hydrogen-bond donors (Lipinski definition) is 1. The molecule has 0 bridgehead atoms. The Hall–Kier alpha value is -2.15. The molecule has 0 saturated carbocycles. The van der Waals surface area contributed by atoms with Crippen LogP contribution in [0.3, 0.4) is 0 Å². The van der Waals surface area contributed by atoms with E-state index in [-0.39, 0.29) is 23.5 Å². The molecule has 3 heterocycles. The molecule has 1 fully saturated rings. The van der Waals surface area contributed by atoms with Gasteiger partial charge in [0.25, 0.3) is 5.91 Å². The highest BCUT2D eigenvalue weighted by atomic mass is 16.5. The van der Waals surface area contributed by atoms with Crippen molar-refractivity contribution >= 4 is 11.6 Å². The molecule has 1 unspecified atom stereocenters. The van der Waals surface area contributed by atoms with E-state index in [1.165, 1.54) is 0 Å². The zero-order chi connectivity index (χ0) is 18.9. The predicted octanol–water partition coefficient (Wildman–Crippen LogP) is 3.39. The molecule has 7 nitrogen and oxygen atoms in total. The fraction of sp³-hybridized carbons (Fsp3) is 0.632. The monoisotopic (exact) mass is 359 g/mol. The van der Waals surface area contributed by atoms with Gasteiger partial charge in [-0.2, -0.15) is 10.2 Å². The van der Waals surface area contributed by atoms with E-state index in [1.807, 2.05) is 21.6 Å². The summed E-state index contributed by atoms with van der Waals surface area (Å²) in [4.78, 5) is 12.6. The third-order valence-corrected chi connectivity index (χ3v) is 4.50. The van der Waals surface area contributed by atoms with Gasteiger partial charge in [0.05, 0.1) is 30.1 Å². The number of carbonyl (C=O) groups excluding carboxylic acids is 1. The van der Waals surface area contributed by atoms with Crippen LogP contribution < -0.4 is 5.32 Å². The Morgan fingerprint density at radius 2 is 2.19 bits per heavy atom. The van der Waals surface area contributed by atoms with Crippen molar-refractivity contribution in [1.82, 2.24) is 19.6 Å². The summed E-state index contributed by atoms with van der Waals surface area (Å²) in [6.45, 7) is 12.0. The number of nitrogens with zero attached hydrogens (tertiary/aromatic N) is 4. The molecule has 0 spiro atoms. The van der Waals surface area contributed by atoms with Crippen molar-refractivity contribution in [2.24, 2.45) is 0 Å². The van der Waals surface area contributed by atoms with Gasteiger partial charge in [0.2, 0.25) is 0 Å². The van der Waals surface area contributed by atoms with Crippen molar-refractivity contribution in [3.05, 3.63) is 29.8 Å². The standard InChI is InChI=1S/C19H29N5O2/c1-13(2)17-9-16(22-24(17)19(3,4)5)18(25)21-14-10-20-23(11-14)12-15-7-6-8-26-15/h9-11,13,15H,6-8,12H2,1-5H3,(H,21,25). The summed E-state index contributed by atoms with van der Waals surface area (Å²) in [5.41, 5.74) is 1.97. The van der Waals surface area contributed by atoms with Crippen LogP contribution in [0.25, 0.3) is 0 Å². The number of anilines is 1. The number of rotatable bonds is 5. The van der Waals surface area contributed by atoms with Crippen molar-refractivity contribution in [3.8, 4) is 0 Å². The van der Waals surface area contributed by atoms with E-state index in [2.05, 4.69) is 50.1 Å². The maximum absolute atomic E-state index is 12.6. The average Bonchev–Trinajstić information content (AvgIpc) is 3.26. The molecule has 7 heteroatoms. The highest BCUT2D eigenvalue weighted by Gasteiger charge is 2.24. The molecule has 0 aliphatic carbocycles. The van der Waals surface area contributed by atoms with E-state index in [0.717, 1.165) is 25.1 Å². The van der Waals surface area contributed by atoms with Gasteiger partial charge in [-0.1, -0.05) is 13.8 Å². The first kappa shape index (κ1) is 18.6. The summed E-state index contributed by atoms with van der Waals surface area (Å²) in [7, 11) is 0. The maximum Gasteiger partial charge on any atom is 0.276 e. The molecule has 0 radical (unpaired) electrons. The van der Waals surface area contributed by atoms with Crippen molar-refractivity contribution in [3.63, 3.8) is 0 Å². The van der Waals surface area contributed by atoms with E-state index in [0.29, 0.717) is 17.9 Å². The van der Waals surface area contributed by atoms with E-state index in [1.54, 1.807) is 6.20 Å². The normalized spacial score (nSPS) is 17.8. The zero-order valence-corrected chi connectivity index (χ0v) is 16.3. The van der Waals surface area contributed by atoms with Crippen LogP contribution in [0.1, 0.15) is 69.6 Å². The molecule has 2 aromatic rings. The lowest BCUT2D eigenvalue weighted by atomic mass is 10.1. The summed E-state index contributed by atoms with van der Waals surface area (Å²) < 4.78 is 9.38. The van der Waals surface area contributed by atoms with Crippen LogP contribution in [-0.2, 0) is 16.8 Å². The van der Waals surface area contributed by atoms with Crippen molar-refractivity contribution in [2.75, 3.05) is 11.9 Å². The summed E-state index contributed by atoms with van der Waals surface area (Å²) in [5.74, 6) is 0.0732. The second kappa shape index (κ2) is 7.23. The number of aromatic nitrogens is 4. The van der Waals surface area contributed by atoms with E-state index in [4.69, 9.17) is 4.74 Å². The Kier molecular flexibility index (Phi) is 5.18. The molecule has 1 amide bonds. The lowest BCUT2D eigenvalue weighted by Gasteiger charge is -2.23. The molecule has 3 rings (SSSR count). The average molecular weight is 359 g/mol. The first-order chi connectivity index (χ1) is 12.2. The quantitative estimate of drug-likeness (QED) is 0.888. The zero-order valence-electron chi connectivity index (χ0n) is 16.3.